The van der Waals surface area contributed by atoms with Crippen molar-refractivity contribution in [3.63, 3.8) is 0 Å². The van der Waals surface area contributed by atoms with Gasteiger partial charge in [-0.05, 0) is 121 Å². The van der Waals surface area contributed by atoms with Crippen molar-refractivity contribution in [1.29, 1.82) is 0 Å². The molecule has 0 saturated carbocycles. The molecule has 70 heavy (non-hydrogen) atoms. The van der Waals surface area contributed by atoms with Crippen molar-refractivity contribution in [1.82, 2.24) is 4.57 Å². The normalized spacial score (nSPS) is 11.4. The van der Waals surface area contributed by atoms with Gasteiger partial charge < -0.3 is 9.47 Å². The highest BCUT2D eigenvalue weighted by Crippen LogP contribution is 2.47. The van der Waals surface area contributed by atoms with Gasteiger partial charge in [0.05, 0.1) is 22.4 Å². The molecule has 0 unspecified atom stereocenters. The minimum atomic E-state index is 1.06. The van der Waals surface area contributed by atoms with Gasteiger partial charge >= 0.3 is 0 Å². The Morgan fingerprint density at radius 1 is 0.243 bits per heavy atom. The summed E-state index contributed by atoms with van der Waals surface area (Å²) < 4.78 is 2.44. The second kappa shape index (κ2) is 17.4. The average molecular weight is 891 g/mol. The lowest BCUT2D eigenvalue weighted by Gasteiger charge is -2.29. The molecule has 0 saturated heterocycles. The smallest absolute Gasteiger partial charge is 0.0541 e. The Labute approximate surface area is 408 Å². The van der Waals surface area contributed by atoms with E-state index in [9.17, 15) is 0 Å². The summed E-state index contributed by atoms with van der Waals surface area (Å²) in [6, 6.07) is 102. The second-order valence-corrected chi connectivity index (χ2v) is 18.0. The summed E-state index contributed by atoms with van der Waals surface area (Å²) in [6.45, 7) is 0. The zero-order valence-corrected chi connectivity index (χ0v) is 38.5. The molecule has 0 spiro atoms. The van der Waals surface area contributed by atoms with Crippen LogP contribution in [0.3, 0.4) is 0 Å². The van der Waals surface area contributed by atoms with Gasteiger partial charge in [-0.2, -0.15) is 0 Å². The van der Waals surface area contributed by atoms with Gasteiger partial charge in [0.2, 0.25) is 0 Å². The molecular formula is C68H46N2. The summed E-state index contributed by atoms with van der Waals surface area (Å²) in [5.41, 5.74) is 18.4. The van der Waals surface area contributed by atoms with Gasteiger partial charge in [0, 0.05) is 33.3 Å². The third-order valence-electron chi connectivity index (χ3n) is 14.0. The van der Waals surface area contributed by atoms with Crippen molar-refractivity contribution in [2.75, 3.05) is 4.90 Å². The van der Waals surface area contributed by atoms with E-state index in [0.29, 0.717) is 0 Å². The van der Waals surface area contributed by atoms with Crippen molar-refractivity contribution in [3.8, 4) is 61.3 Å². The topological polar surface area (TPSA) is 8.17 Å². The lowest BCUT2D eigenvalue weighted by atomic mass is 9.91. The van der Waals surface area contributed by atoms with Crippen LogP contribution in [0.1, 0.15) is 0 Å². The Morgan fingerprint density at radius 2 is 0.757 bits per heavy atom. The van der Waals surface area contributed by atoms with E-state index in [2.05, 4.69) is 289 Å². The van der Waals surface area contributed by atoms with E-state index >= 15 is 0 Å². The van der Waals surface area contributed by atoms with Crippen molar-refractivity contribution in [2.45, 2.75) is 0 Å². The van der Waals surface area contributed by atoms with Crippen LogP contribution in [0.15, 0.2) is 279 Å². The lowest BCUT2D eigenvalue weighted by molar-refractivity contribution is 1.18. The maximum Gasteiger partial charge on any atom is 0.0541 e. The van der Waals surface area contributed by atoms with Crippen LogP contribution in [0.4, 0.5) is 17.1 Å². The van der Waals surface area contributed by atoms with Crippen molar-refractivity contribution < 1.29 is 0 Å². The van der Waals surface area contributed by atoms with Gasteiger partial charge in [0.15, 0.2) is 0 Å². The highest BCUT2D eigenvalue weighted by Gasteiger charge is 2.23. The minimum Gasteiger partial charge on any atom is -0.310 e. The molecule has 0 aliphatic carbocycles. The first kappa shape index (κ1) is 41.0. The average Bonchev–Trinajstić information content (AvgIpc) is 3.78. The molecule has 0 N–H and O–H groups in total. The van der Waals surface area contributed by atoms with E-state index in [1.807, 2.05) is 0 Å². The molecule has 0 amide bonds. The Bertz CT molecular complexity index is 4000. The van der Waals surface area contributed by atoms with Crippen LogP contribution in [0, 0.1) is 0 Å². The Hall–Kier alpha value is -9.24. The molecule has 1 aromatic heterocycles. The van der Waals surface area contributed by atoms with Crippen molar-refractivity contribution in [2.24, 2.45) is 0 Å². The molecule has 0 fully saturated rings. The standard InChI is InChI=1S/C68H46N2/c1-3-20-47(21-4-1)48-38-40-50(41-39-48)56-28-11-15-34-65(56)69(53-26-19-25-51(44-53)63-45-52-24-7-8-27-55(52)57-29-9-10-30-58(57)63)54-42-43-59(64(46-54)49-22-5-2-6-23-49)60-31-12-16-35-66(60)70-67-36-17-13-32-61(67)62-33-14-18-37-68(62)70/h1-46H. The lowest BCUT2D eigenvalue weighted by Crippen LogP contribution is -2.12. The number of anilines is 3. The molecule has 0 radical (unpaired) electrons. The predicted molar refractivity (Wildman–Crippen MR) is 298 cm³/mol. The summed E-state index contributed by atoms with van der Waals surface area (Å²) in [6.07, 6.45) is 0. The number of para-hydroxylation sites is 4. The van der Waals surface area contributed by atoms with Crippen molar-refractivity contribution >= 4 is 60.4 Å². The van der Waals surface area contributed by atoms with Gasteiger partial charge in [-0.1, -0.05) is 224 Å². The molecule has 12 aromatic carbocycles. The molecule has 2 heteroatoms. The maximum atomic E-state index is 2.46. The van der Waals surface area contributed by atoms with Crippen LogP contribution in [0.5, 0.6) is 0 Å². The fourth-order valence-corrected chi connectivity index (χ4v) is 10.8. The summed E-state index contributed by atoms with van der Waals surface area (Å²) in [4.78, 5) is 2.46. The molecular weight excluding hydrogens is 845 g/mol. The first-order valence-corrected chi connectivity index (χ1v) is 24.1. The number of fused-ring (bicyclic) bond motifs is 6. The Balaban J connectivity index is 1.03. The fraction of sp³-hybridized carbons (Fsp3) is 0. The highest BCUT2D eigenvalue weighted by atomic mass is 15.1. The third kappa shape index (κ3) is 7.13. The fourth-order valence-electron chi connectivity index (χ4n) is 10.8. The largest absolute Gasteiger partial charge is 0.310 e. The Morgan fingerprint density at radius 3 is 1.50 bits per heavy atom. The first-order valence-electron chi connectivity index (χ1n) is 24.1. The van der Waals surface area contributed by atoms with E-state index in [1.54, 1.807) is 0 Å². The zero-order valence-electron chi connectivity index (χ0n) is 38.5. The van der Waals surface area contributed by atoms with Crippen LogP contribution in [-0.2, 0) is 0 Å². The predicted octanol–water partition coefficient (Wildman–Crippen LogP) is 18.9. The number of benzene rings is 12. The summed E-state index contributed by atoms with van der Waals surface area (Å²) >= 11 is 0. The molecule has 328 valence electrons. The van der Waals surface area contributed by atoms with E-state index in [1.165, 1.54) is 60.0 Å². The third-order valence-corrected chi connectivity index (χ3v) is 14.0. The van der Waals surface area contributed by atoms with E-state index < -0.39 is 0 Å². The van der Waals surface area contributed by atoms with Gasteiger partial charge in [0.25, 0.3) is 0 Å². The molecule has 1 heterocycles. The number of aromatic nitrogens is 1. The SMILES string of the molecule is c1ccc(-c2ccc(-c3ccccc3N(c3cccc(-c4cc5ccccc5c5ccccc45)c3)c3ccc(-c4ccccc4-n4c5ccccc5c5ccccc54)c(-c4ccccc4)c3)cc2)cc1. The molecule has 0 atom stereocenters. The van der Waals surface area contributed by atoms with Crippen LogP contribution >= 0.6 is 0 Å². The molecule has 0 aliphatic heterocycles. The molecule has 13 aromatic rings. The first-order chi connectivity index (χ1) is 34.7. The molecule has 0 bridgehead atoms. The minimum absolute atomic E-state index is 1.06. The number of hydrogen-bond acceptors (Lipinski definition) is 1. The number of hydrogen-bond donors (Lipinski definition) is 0. The molecule has 13 rings (SSSR count). The van der Waals surface area contributed by atoms with Crippen LogP contribution in [0.25, 0.3) is 105 Å². The summed E-state index contributed by atoms with van der Waals surface area (Å²) in [5, 5.41) is 7.48. The van der Waals surface area contributed by atoms with Crippen LogP contribution < -0.4 is 4.90 Å². The van der Waals surface area contributed by atoms with Gasteiger partial charge in [-0.25, -0.2) is 0 Å². The monoisotopic (exact) mass is 890 g/mol. The van der Waals surface area contributed by atoms with Crippen LogP contribution in [0.2, 0.25) is 0 Å². The Kier molecular flexibility index (Phi) is 10.2. The quantitative estimate of drug-likeness (QED) is 0.131. The van der Waals surface area contributed by atoms with E-state index in [-0.39, 0.29) is 0 Å². The van der Waals surface area contributed by atoms with Gasteiger partial charge in [0.1, 0.15) is 0 Å². The number of nitrogens with zero attached hydrogens (tertiary/aromatic N) is 2. The van der Waals surface area contributed by atoms with E-state index in [4.69, 9.17) is 0 Å². The second-order valence-electron chi connectivity index (χ2n) is 18.0. The maximum absolute atomic E-state index is 2.46. The molecule has 2 nitrogen and oxygen atoms in total. The van der Waals surface area contributed by atoms with Gasteiger partial charge in [-0.3, -0.25) is 0 Å². The van der Waals surface area contributed by atoms with E-state index in [0.717, 1.165) is 61.7 Å². The number of rotatable bonds is 9. The van der Waals surface area contributed by atoms with Gasteiger partial charge in [-0.15, -0.1) is 0 Å². The highest BCUT2D eigenvalue weighted by molar-refractivity contribution is 6.14. The van der Waals surface area contributed by atoms with Crippen molar-refractivity contribution in [3.05, 3.63) is 279 Å². The van der Waals surface area contributed by atoms with Crippen LogP contribution in [-0.4, -0.2) is 4.57 Å². The summed E-state index contributed by atoms with van der Waals surface area (Å²) in [5.74, 6) is 0. The summed E-state index contributed by atoms with van der Waals surface area (Å²) in [7, 11) is 0. The zero-order chi connectivity index (χ0) is 46.4. The molecule has 0 aliphatic rings.